The summed E-state index contributed by atoms with van der Waals surface area (Å²) in [5.74, 6) is 0.0536. The molecule has 0 atom stereocenters. The quantitative estimate of drug-likeness (QED) is 0.720. The number of aryl methyl sites for hydroxylation is 1. The second-order valence-corrected chi connectivity index (χ2v) is 7.95. The zero-order valence-corrected chi connectivity index (χ0v) is 13.7. The smallest absolute Gasteiger partial charge is 0.193 e. The molecule has 3 nitrogen and oxygen atoms in total. The van der Waals surface area contributed by atoms with Gasteiger partial charge in [0.1, 0.15) is 12.0 Å². The molecule has 0 saturated heterocycles. The van der Waals surface area contributed by atoms with Crippen molar-refractivity contribution >= 4 is 22.2 Å². The average Bonchev–Trinajstić information content (AvgIpc) is 2.45. The van der Waals surface area contributed by atoms with Gasteiger partial charge in [-0.2, -0.15) is 25.2 Å². The summed E-state index contributed by atoms with van der Waals surface area (Å²) in [7, 11) is -4.45. The normalized spacial score (nSPS) is 17.6. The maximum absolute atomic E-state index is 12.2. The van der Waals surface area contributed by atoms with E-state index in [1.807, 2.05) is 6.92 Å². The maximum Gasteiger partial charge on any atom is 0.469 e. The minimum atomic E-state index is -4.76. The van der Waals surface area contributed by atoms with E-state index in [0.29, 0.717) is 5.56 Å². The van der Waals surface area contributed by atoms with E-state index in [0.717, 1.165) is 37.7 Å². The van der Waals surface area contributed by atoms with Gasteiger partial charge >= 0.3 is 15.6 Å². The van der Waals surface area contributed by atoms with Crippen molar-refractivity contribution < 1.29 is 25.2 Å². The first-order chi connectivity index (χ1) is 10.2. The van der Waals surface area contributed by atoms with E-state index < -0.39 is 27.7 Å². The van der Waals surface area contributed by atoms with Gasteiger partial charge in [0.25, 0.3) is 0 Å². The summed E-state index contributed by atoms with van der Waals surface area (Å²) in [5, 5.41) is 0. The van der Waals surface area contributed by atoms with Crippen LogP contribution in [0.15, 0.2) is 23.1 Å². The predicted molar refractivity (Wildman–Crippen MR) is 78.9 cm³/mol. The van der Waals surface area contributed by atoms with Gasteiger partial charge in [-0.15, -0.1) is 0 Å². The van der Waals surface area contributed by atoms with Gasteiger partial charge in [0.05, 0.1) is 4.90 Å². The van der Waals surface area contributed by atoms with Crippen molar-refractivity contribution in [2.45, 2.75) is 55.3 Å². The number of rotatable bonds is 4. The van der Waals surface area contributed by atoms with Gasteiger partial charge in [-0.25, -0.2) is 0 Å². The molecule has 0 amide bonds. The summed E-state index contributed by atoms with van der Waals surface area (Å²) >= 11 is -0.993. The Bertz CT molecular complexity index is 621. The third kappa shape index (κ3) is 4.63. The van der Waals surface area contributed by atoms with Gasteiger partial charge < -0.3 is 0 Å². The van der Waals surface area contributed by atoms with E-state index in [-0.39, 0.29) is 10.8 Å². The molecular formula is C14H17F3O3S2. The van der Waals surface area contributed by atoms with Crippen molar-refractivity contribution in [2.75, 3.05) is 0 Å². The zero-order chi connectivity index (χ0) is 16.4. The molecule has 2 rings (SSSR count). The number of benzene rings is 1. The maximum atomic E-state index is 12.2. The fraction of sp³-hybridized carbons (Fsp3) is 0.571. The van der Waals surface area contributed by atoms with E-state index >= 15 is 0 Å². The molecular weight excluding hydrogens is 337 g/mol. The fourth-order valence-corrected chi connectivity index (χ4v) is 4.46. The molecule has 1 fully saturated rings. The highest BCUT2D eigenvalue weighted by Gasteiger charge is 2.35. The van der Waals surface area contributed by atoms with Gasteiger partial charge in [-0.05, 0) is 37.3 Å². The summed E-state index contributed by atoms with van der Waals surface area (Å²) in [6.07, 6.45) is 4.79. The topological polar surface area (TPSA) is 43.4 Å². The van der Waals surface area contributed by atoms with Crippen LogP contribution in [-0.4, -0.2) is 13.9 Å². The van der Waals surface area contributed by atoms with Gasteiger partial charge in [0, 0.05) is 0 Å². The monoisotopic (exact) mass is 354 g/mol. The third-order valence-electron chi connectivity index (χ3n) is 3.70. The lowest BCUT2D eigenvalue weighted by Crippen LogP contribution is -2.13. The Labute approximate surface area is 132 Å². The Morgan fingerprint density at radius 1 is 1.18 bits per heavy atom. The van der Waals surface area contributed by atoms with Crippen LogP contribution >= 0.6 is 12.0 Å². The van der Waals surface area contributed by atoms with Gasteiger partial charge in [-0.1, -0.05) is 37.0 Å². The standard InChI is InChI=1S/C14H17F3O3S2/c1-10-7-8-13(22(18,19)20-21-14(15,16)17)12(9-10)11-5-3-2-4-6-11/h7-9,11H,2-6H2,1H3. The highest BCUT2D eigenvalue weighted by atomic mass is 32.3. The molecule has 0 radical (unpaired) electrons. The first kappa shape index (κ1) is 17.6. The second kappa shape index (κ2) is 6.80. The van der Waals surface area contributed by atoms with Crippen molar-refractivity contribution in [1.82, 2.24) is 0 Å². The lowest BCUT2D eigenvalue weighted by Gasteiger charge is -2.24. The molecule has 0 N–H and O–H groups in total. The molecule has 0 aromatic heterocycles. The van der Waals surface area contributed by atoms with Crippen LogP contribution in [0.4, 0.5) is 13.2 Å². The van der Waals surface area contributed by atoms with Crippen molar-refractivity contribution in [1.29, 1.82) is 0 Å². The van der Waals surface area contributed by atoms with Gasteiger partial charge in [0.15, 0.2) is 0 Å². The highest BCUT2D eigenvalue weighted by Crippen LogP contribution is 2.39. The summed E-state index contributed by atoms with van der Waals surface area (Å²) in [5.41, 5.74) is -3.31. The second-order valence-electron chi connectivity index (χ2n) is 5.43. The van der Waals surface area contributed by atoms with E-state index in [1.54, 1.807) is 12.1 Å². The van der Waals surface area contributed by atoms with E-state index in [1.165, 1.54) is 6.07 Å². The van der Waals surface area contributed by atoms with Crippen LogP contribution in [0.3, 0.4) is 0 Å². The Balaban J connectivity index is 2.33. The Kier molecular flexibility index (Phi) is 5.45. The van der Waals surface area contributed by atoms with Crippen molar-refractivity contribution in [3.8, 4) is 0 Å². The molecule has 22 heavy (non-hydrogen) atoms. The minimum Gasteiger partial charge on any atom is -0.193 e. The summed E-state index contributed by atoms with van der Waals surface area (Å²) in [6.45, 7) is 1.83. The van der Waals surface area contributed by atoms with Crippen LogP contribution in [0.1, 0.15) is 49.1 Å². The number of hydrogen-bond donors (Lipinski definition) is 0. The van der Waals surface area contributed by atoms with Crippen LogP contribution in [0.25, 0.3) is 0 Å². The van der Waals surface area contributed by atoms with Crippen LogP contribution in [0, 0.1) is 6.92 Å². The Morgan fingerprint density at radius 3 is 2.41 bits per heavy atom. The van der Waals surface area contributed by atoms with Gasteiger partial charge in [0.2, 0.25) is 0 Å². The SMILES string of the molecule is Cc1ccc(S(=O)(=O)OSC(F)(F)F)c(C2CCCCC2)c1. The average molecular weight is 354 g/mol. The number of alkyl halides is 3. The van der Waals surface area contributed by atoms with Crippen LogP contribution in [0.2, 0.25) is 0 Å². The molecule has 8 heteroatoms. The highest BCUT2D eigenvalue weighted by molar-refractivity contribution is 8.05. The number of hydrogen-bond acceptors (Lipinski definition) is 4. The molecule has 1 aliphatic rings. The molecule has 1 aromatic carbocycles. The molecule has 1 saturated carbocycles. The van der Waals surface area contributed by atoms with Crippen LogP contribution < -0.4 is 0 Å². The lowest BCUT2D eigenvalue weighted by molar-refractivity contribution is -0.0368. The number of halogens is 3. The third-order valence-corrected chi connectivity index (χ3v) is 5.79. The van der Waals surface area contributed by atoms with E-state index in [9.17, 15) is 21.6 Å². The van der Waals surface area contributed by atoms with Crippen LogP contribution in [0.5, 0.6) is 0 Å². The zero-order valence-electron chi connectivity index (χ0n) is 12.0. The molecule has 0 heterocycles. The first-order valence-corrected chi connectivity index (χ1v) is 9.13. The molecule has 0 spiro atoms. The minimum absolute atomic E-state index is 0.0536. The predicted octanol–water partition coefficient (Wildman–Crippen LogP) is 4.92. The fourth-order valence-electron chi connectivity index (χ4n) is 2.75. The van der Waals surface area contributed by atoms with E-state index in [2.05, 4.69) is 3.63 Å². The van der Waals surface area contributed by atoms with Crippen molar-refractivity contribution in [3.05, 3.63) is 29.3 Å². The summed E-state index contributed by atoms with van der Waals surface area (Å²) in [4.78, 5) is -0.151. The summed E-state index contributed by atoms with van der Waals surface area (Å²) in [6, 6.07) is 4.65. The van der Waals surface area contributed by atoms with Crippen molar-refractivity contribution in [3.63, 3.8) is 0 Å². The summed E-state index contributed by atoms with van der Waals surface area (Å²) < 4.78 is 64.9. The molecule has 124 valence electrons. The largest absolute Gasteiger partial charge is 0.469 e. The lowest BCUT2D eigenvalue weighted by atomic mass is 9.83. The Morgan fingerprint density at radius 2 is 1.82 bits per heavy atom. The molecule has 1 aliphatic carbocycles. The van der Waals surface area contributed by atoms with Gasteiger partial charge in [-0.3, -0.25) is 0 Å². The first-order valence-electron chi connectivity index (χ1n) is 6.99. The molecule has 0 unspecified atom stereocenters. The van der Waals surface area contributed by atoms with E-state index in [4.69, 9.17) is 0 Å². The molecule has 0 aliphatic heterocycles. The molecule has 1 aromatic rings. The van der Waals surface area contributed by atoms with Crippen LogP contribution in [-0.2, 0) is 13.7 Å². The van der Waals surface area contributed by atoms with Crippen molar-refractivity contribution in [2.24, 2.45) is 0 Å². The molecule has 0 bridgehead atoms. The Hall–Kier alpha value is -0.730.